The standard InChI is InChI=1S/2C5H7N.C5H6O.C5H6S.2C4H6N2O.2C4H6N2S.2C4H6N2.C4H5NO.2C3H5N3.9C2H6/c1-5-2-3-6-4-5;1-6-4-2-3-5-6;2*1-5-2-3-6-4-5;1-3-5-6-4(2)7-3;1-3-5-4(2)7-6-3;1-3-5-6-4(2)7-3;1-3-5-4(2)7-6-3;1-4-2-5-6-3-4;1-4-2-3-5-6-4;1-4-2-6-3-5-4;1-6-3-4-2-5-6;1-3-4-2-5-6-3;9*1-2/h2-4,6H,1H3;2-5H,1H3;2*2-4H,1H3;4*1-2H3;2*2-3H,1H3,(H,5,6);2*2-3H,1H3;2H,1H3,(H,4,5,6);9*1-2H3. The summed E-state index contributed by atoms with van der Waals surface area (Å²) >= 11 is 4.80. The first-order valence-electron chi connectivity index (χ1n) is 33.8. The van der Waals surface area contributed by atoms with Gasteiger partial charge >= 0.3 is 0 Å². The minimum Gasteiger partial charge on any atom is -0.472 e. The van der Waals surface area contributed by atoms with Gasteiger partial charge in [-0.05, 0) is 164 Å². The first kappa shape index (κ1) is 109. The molecule has 13 heterocycles. The molecule has 0 aliphatic rings. The molecule has 25 nitrogen and oxygen atoms in total. The van der Waals surface area contributed by atoms with Crippen LogP contribution in [0.4, 0.5) is 0 Å². The maximum absolute atomic E-state index is 4.86. The number of hydrogen-bond acceptors (Lipinski definition) is 22. The maximum atomic E-state index is 4.86. The number of rotatable bonds is 0. The number of nitrogens with one attached hydrogen (secondary N) is 4. The minimum absolute atomic E-state index is 0.623. The summed E-state index contributed by atoms with van der Waals surface area (Å²) < 4.78 is 26.4. The van der Waals surface area contributed by atoms with Crippen LogP contribution >= 0.6 is 34.2 Å². The number of aromatic amines is 4. The summed E-state index contributed by atoms with van der Waals surface area (Å²) in [5, 5.41) is 48.4. The van der Waals surface area contributed by atoms with E-state index in [4.69, 9.17) is 8.83 Å². The molecular formula is C72H131N21O4S3. The summed E-state index contributed by atoms with van der Waals surface area (Å²) in [5.74, 6) is 4.29. The third-order valence-corrected chi connectivity index (χ3v) is 10.5. The van der Waals surface area contributed by atoms with E-state index in [1.165, 1.54) is 52.8 Å². The van der Waals surface area contributed by atoms with E-state index < -0.39 is 0 Å². The highest BCUT2D eigenvalue weighted by Gasteiger charge is 1.92. The Balaban J connectivity index is -0.000000126. The van der Waals surface area contributed by atoms with E-state index in [9.17, 15) is 0 Å². The van der Waals surface area contributed by atoms with Crippen LogP contribution < -0.4 is 0 Å². The van der Waals surface area contributed by atoms with Gasteiger partial charge < -0.3 is 27.3 Å². The van der Waals surface area contributed by atoms with Gasteiger partial charge in [-0.25, -0.2) is 19.9 Å². The number of aryl methyl sites for hydroxylation is 17. The molecule has 0 fully saturated rings. The molecule has 0 bridgehead atoms. The quantitative estimate of drug-likeness (QED) is 0.110. The van der Waals surface area contributed by atoms with Crippen molar-refractivity contribution in [3.8, 4) is 0 Å². The molecule has 0 aromatic carbocycles. The Hall–Kier alpha value is -9.15. The molecule has 0 radical (unpaired) electrons. The van der Waals surface area contributed by atoms with Crippen molar-refractivity contribution < 1.29 is 17.8 Å². The van der Waals surface area contributed by atoms with E-state index in [0.717, 1.165) is 38.1 Å². The molecule has 566 valence electrons. The zero-order chi connectivity index (χ0) is 78.8. The molecule has 0 aliphatic heterocycles. The van der Waals surface area contributed by atoms with Crippen molar-refractivity contribution in [2.75, 3.05) is 0 Å². The third-order valence-electron chi connectivity index (χ3n) is 8.25. The Bertz CT molecular complexity index is 2600. The first-order chi connectivity index (χ1) is 48.2. The molecule has 13 rings (SSSR count). The molecule has 0 atom stereocenters. The molecule has 0 spiro atoms. The lowest BCUT2D eigenvalue weighted by atomic mass is 10.4. The van der Waals surface area contributed by atoms with Gasteiger partial charge in [-0.1, -0.05) is 130 Å². The number of H-pyrrole nitrogens is 4. The van der Waals surface area contributed by atoms with Gasteiger partial charge in [0.15, 0.2) is 12.2 Å². The Morgan fingerprint density at radius 1 is 0.510 bits per heavy atom. The lowest BCUT2D eigenvalue weighted by Crippen LogP contribution is -1.83. The lowest BCUT2D eigenvalue weighted by Gasteiger charge is -1.79. The smallest absolute Gasteiger partial charge is 0.223 e. The van der Waals surface area contributed by atoms with Crippen LogP contribution in [0.3, 0.4) is 0 Å². The lowest BCUT2D eigenvalue weighted by molar-refractivity contribution is 0.389. The van der Waals surface area contributed by atoms with Crippen LogP contribution in [-0.4, -0.2) is 105 Å². The van der Waals surface area contributed by atoms with E-state index in [0.29, 0.717) is 23.5 Å². The second-order valence-electron chi connectivity index (χ2n) is 16.5. The largest absolute Gasteiger partial charge is 0.472 e. The highest BCUT2D eigenvalue weighted by molar-refractivity contribution is 7.11. The van der Waals surface area contributed by atoms with Crippen molar-refractivity contribution in [2.24, 2.45) is 14.1 Å². The molecule has 100 heavy (non-hydrogen) atoms. The zero-order valence-electron chi connectivity index (χ0n) is 67.7. The molecule has 0 unspecified atom stereocenters. The van der Waals surface area contributed by atoms with E-state index in [2.05, 4.69) is 135 Å². The summed E-state index contributed by atoms with van der Waals surface area (Å²) in [5.41, 5.74) is 7.03. The molecule has 0 aliphatic carbocycles. The van der Waals surface area contributed by atoms with Crippen molar-refractivity contribution >= 4 is 34.2 Å². The first-order valence-corrected chi connectivity index (χ1v) is 36.3. The van der Waals surface area contributed by atoms with Gasteiger partial charge in [0.05, 0.1) is 24.4 Å². The number of thiophene rings is 1. The van der Waals surface area contributed by atoms with Gasteiger partial charge in [-0.3, -0.25) is 20.0 Å². The molecule has 0 amide bonds. The van der Waals surface area contributed by atoms with Crippen LogP contribution in [0.15, 0.2) is 152 Å². The average molecular weight is 1450 g/mol. The molecular weight excluding hydrogens is 1320 g/mol. The molecule has 13 aromatic rings. The van der Waals surface area contributed by atoms with Crippen LogP contribution in [-0.2, 0) is 14.1 Å². The topological polar surface area (TPSA) is 319 Å². The Labute approximate surface area is 614 Å². The predicted molar refractivity (Wildman–Crippen MR) is 422 cm³/mol. The minimum atomic E-state index is 0.623. The second-order valence-corrected chi connectivity index (χ2v) is 19.6. The summed E-state index contributed by atoms with van der Waals surface area (Å²) in [6.07, 6.45) is 24.2. The monoisotopic (exact) mass is 1450 g/mol. The molecule has 4 N–H and O–H groups in total. The summed E-state index contributed by atoms with van der Waals surface area (Å²) in [7, 11) is 3.83. The van der Waals surface area contributed by atoms with Gasteiger partial charge in [0.1, 0.15) is 51.9 Å². The highest BCUT2D eigenvalue weighted by Crippen LogP contribution is 2.04. The van der Waals surface area contributed by atoms with Crippen molar-refractivity contribution in [2.45, 2.75) is 228 Å². The van der Waals surface area contributed by atoms with Gasteiger partial charge in [-0.2, -0.15) is 41.1 Å². The van der Waals surface area contributed by atoms with Crippen LogP contribution in [0.25, 0.3) is 0 Å². The summed E-state index contributed by atoms with van der Waals surface area (Å²) in [6, 6.07) is 12.0. The number of aromatic nitrogens is 21. The Kier molecular flexibility index (Phi) is 96.2. The van der Waals surface area contributed by atoms with Crippen molar-refractivity contribution in [1.29, 1.82) is 0 Å². The van der Waals surface area contributed by atoms with E-state index in [1.807, 2.05) is 267 Å². The second kappa shape index (κ2) is 87.9. The van der Waals surface area contributed by atoms with Crippen molar-refractivity contribution in [3.05, 3.63) is 219 Å². The highest BCUT2D eigenvalue weighted by atomic mass is 32.1. The molecule has 0 saturated carbocycles. The Morgan fingerprint density at radius 2 is 1.10 bits per heavy atom. The van der Waals surface area contributed by atoms with Crippen LogP contribution in [0, 0.1) is 104 Å². The van der Waals surface area contributed by atoms with Crippen LogP contribution in [0.1, 0.15) is 208 Å². The SMILES string of the molecule is CC.CC.CC.CC.CC.CC.CC.CC.CC.Cc1cc[nH]c1.Cc1ccn[nH]1.Cc1ccoc1.Cc1ccsc1.Cc1cn[nH]c1.Cc1cocn1.Cc1ncn[nH]1.Cc1nnc(C)o1.Cc1nnc(C)s1.Cc1noc(C)n1.Cc1nsc(C)n1.Cn1cccc1.Cn1cncn1. The van der Waals surface area contributed by atoms with Gasteiger partial charge in [0.2, 0.25) is 17.7 Å². The van der Waals surface area contributed by atoms with Gasteiger partial charge in [-0.15, -0.1) is 31.7 Å². The van der Waals surface area contributed by atoms with E-state index in [1.54, 1.807) is 92.6 Å². The van der Waals surface area contributed by atoms with E-state index >= 15 is 0 Å². The fourth-order valence-electron chi connectivity index (χ4n) is 4.53. The number of oxazole rings is 1. The number of furan rings is 1. The summed E-state index contributed by atoms with van der Waals surface area (Å²) in [6.45, 7) is 64.6. The normalized spacial score (nSPS) is 7.95. The zero-order valence-corrected chi connectivity index (χ0v) is 70.1. The molecule has 28 heteroatoms. The fourth-order valence-corrected chi connectivity index (χ4v) is 6.27. The molecule has 0 saturated heterocycles. The van der Waals surface area contributed by atoms with Crippen LogP contribution in [0.5, 0.6) is 0 Å². The summed E-state index contributed by atoms with van der Waals surface area (Å²) in [4.78, 5) is 22.0. The number of hydrogen-bond donors (Lipinski definition) is 4. The number of nitrogens with zero attached hydrogens (tertiary/aromatic N) is 17. The van der Waals surface area contributed by atoms with Gasteiger partial charge in [0, 0.05) is 77.7 Å². The third kappa shape index (κ3) is 84.9. The van der Waals surface area contributed by atoms with Crippen molar-refractivity contribution in [3.63, 3.8) is 0 Å². The van der Waals surface area contributed by atoms with Crippen LogP contribution in [0.2, 0.25) is 0 Å². The predicted octanol–water partition coefficient (Wildman–Crippen LogP) is 21.3. The maximum Gasteiger partial charge on any atom is 0.223 e. The van der Waals surface area contributed by atoms with Gasteiger partial charge in [0.25, 0.3) is 0 Å². The molecule has 13 aromatic heterocycles. The van der Waals surface area contributed by atoms with E-state index in [-0.39, 0.29) is 0 Å². The Morgan fingerprint density at radius 3 is 1.23 bits per heavy atom. The fraction of sp³-hybridized carbons (Fsp3) is 0.486. The average Bonchev–Trinajstić information content (AvgIpc) is 2.70. The van der Waals surface area contributed by atoms with Crippen molar-refractivity contribution in [1.82, 2.24) is 105 Å².